The topological polar surface area (TPSA) is 105 Å². The first kappa shape index (κ1) is 20.8. The van der Waals surface area contributed by atoms with Gasteiger partial charge in [0.15, 0.2) is 5.65 Å². The number of rotatable bonds is 7. The van der Waals surface area contributed by atoms with Crippen molar-refractivity contribution in [2.24, 2.45) is 0 Å². The highest BCUT2D eigenvalue weighted by Gasteiger charge is 2.16. The molecule has 2 aromatic carbocycles. The van der Waals surface area contributed by atoms with Gasteiger partial charge in [-0.2, -0.15) is 0 Å². The van der Waals surface area contributed by atoms with Crippen LogP contribution in [0.25, 0.3) is 5.65 Å². The molecule has 2 N–H and O–H groups in total. The Balaban J connectivity index is 1.38. The molecule has 0 fully saturated rings. The lowest BCUT2D eigenvalue weighted by molar-refractivity contribution is 0.0954. The van der Waals surface area contributed by atoms with E-state index in [1.54, 1.807) is 24.3 Å². The monoisotopic (exact) mass is 455 g/mol. The minimum absolute atomic E-state index is 0.0268. The van der Waals surface area contributed by atoms with Gasteiger partial charge in [0.1, 0.15) is 5.82 Å². The predicted molar refractivity (Wildman–Crippen MR) is 118 cm³/mol. The minimum Gasteiger partial charge on any atom is -0.352 e. The van der Waals surface area contributed by atoms with Crippen molar-refractivity contribution in [2.45, 2.75) is 11.3 Å². The van der Waals surface area contributed by atoms with E-state index < -0.39 is 10.0 Å². The van der Waals surface area contributed by atoms with Crippen LogP contribution in [0, 0.1) is 0 Å². The molecule has 0 radical (unpaired) electrons. The summed E-state index contributed by atoms with van der Waals surface area (Å²) in [6.07, 6.45) is 2.37. The molecule has 0 aliphatic carbocycles. The highest BCUT2D eigenvalue weighted by molar-refractivity contribution is 7.92. The molecule has 0 aliphatic rings. The van der Waals surface area contributed by atoms with E-state index >= 15 is 0 Å². The number of amides is 1. The van der Waals surface area contributed by atoms with E-state index in [0.29, 0.717) is 23.6 Å². The number of anilines is 1. The largest absolute Gasteiger partial charge is 0.352 e. The average Bonchev–Trinajstić information content (AvgIpc) is 3.18. The number of carbonyl (C=O) groups excluding carboxylic acids is 1. The summed E-state index contributed by atoms with van der Waals surface area (Å²) in [6, 6.07) is 17.8. The molecule has 0 unspecified atom stereocenters. The fourth-order valence-corrected chi connectivity index (χ4v) is 4.30. The minimum atomic E-state index is -3.83. The van der Waals surface area contributed by atoms with Gasteiger partial charge in [0.05, 0.1) is 15.6 Å². The lowest BCUT2D eigenvalue weighted by Crippen LogP contribution is -2.26. The highest BCUT2D eigenvalue weighted by atomic mass is 35.5. The number of para-hydroxylation sites is 1. The number of nitrogens with zero attached hydrogens (tertiary/aromatic N) is 3. The van der Waals surface area contributed by atoms with Gasteiger partial charge in [0, 0.05) is 24.7 Å². The summed E-state index contributed by atoms with van der Waals surface area (Å²) in [7, 11) is -3.83. The number of pyridine rings is 1. The maximum absolute atomic E-state index is 12.6. The summed E-state index contributed by atoms with van der Waals surface area (Å²) in [6.45, 7) is 0.364. The molecule has 0 saturated carbocycles. The van der Waals surface area contributed by atoms with Crippen molar-refractivity contribution in [1.29, 1.82) is 0 Å². The summed E-state index contributed by atoms with van der Waals surface area (Å²) >= 11 is 6.01. The van der Waals surface area contributed by atoms with E-state index in [9.17, 15) is 13.2 Å². The molecule has 2 aromatic heterocycles. The fourth-order valence-electron chi connectivity index (χ4n) is 2.98. The zero-order valence-electron chi connectivity index (χ0n) is 16.2. The van der Waals surface area contributed by atoms with Gasteiger partial charge in [-0.3, -0.25) is 13.9 Å². The van der Waals surface area contributed by atoms with Crippen LogP contribution in [0.1, 0.15) is 16.2 Å². The molecular weight excluding hydrogens is 438 g/mol. The summed E-state index contributed by atoms with van der Waals surface area (Å²) in [5.74, 6) is 0.430. The van der Waals surface area contributed by atoms with Gasteiger partial charge >= 0.3 is 0 Å². The summed E-state index contributed by atoms with van der Waals surface area (Å²) in [5, 5.41) is 11.3. The van der Waals surface area contributed by atoms with Gasteiger partial charge in [-0.1, -0.05) is 29.8 Å². The number of sulfonamides is 1. The number of fused-ring (bicyclic) bond motifs is 1. The normalized spacial score (nSPS) is 11.4. The van der Waals surface area contributed by atoms with Crippen molar-refractivity contribution >= 4 is 38.9 Å². The standard InChI is InChI=1S/C21H18ClN5O3S/c22-17-5-1-2-6-18(17)26-31(29,30)16-10-8-15(9-11-16)21(28)23-13-12-20-25-24-19-7-3-4-14-27(19)20/h1-11,14,26H,12-13H2,(H,23,28). The highest BCUT2D eigenvalue weighted by Crippen LogP contribution is 2.24. The Morgan fingerprint density at radius 3 is 2.48 bits per heavy atom. The Labute approximate surface area is 183 Å². The van der Waals surface area contributed by atoms with Gasteiger partial charge in [-0.05, 0) is 48.5 Å². The van der Waals surface area contributed by atoms with E-state index in [-0.39, 0.29) is 16.5 Å². The van der Waals surface area contributed by atoms with Crippen LogP contribution in [0.2, 0.25) is 5.02 Å². The number of aromatic nitrogens is 3. The molecule has 31 heavy (non-hydrogen) atoms. The molecule has 8 nitrogen and oxygen atoms in total. The zero-order valence-corrected chi connectivity index (χ0v) is 17.8. The molecule has 1 amide bonds. The number of hydrogen-bond donors (Lipinski definition) is 2. The van der Waals surface area contributed by atoms with Crippen LogP contribution < -0.4 is 10.0 Å². The Hall–Kier alpha value is -3.43. The van der Waals surface area contributed by atoms with Crippen LogP contribution in [-0.4, -0.2) is 35.5 Å². The predicted octanol–water partition coefficient (Wildman–Crippen LogP) is 3.16. The Morgan fingerprint density at radius 2 is 1.71 bits per heavy atom. The fraction of sp³-hybridized carbons (Fsp3) is 0.0952. The molecule has 0 bridgehead atoms. The van der Waals surface area contributed by atoms with E-state index in [1.807, 2.05) is 28.8 Å². The molecule has 0 spiro atoms. The number of hydrogen-bond acceptors (Lipinski definition) is 5. The quantitative estimate of drug-likeness (QED) is 0.445. The third kappa shape index (κ3) is 4.68. The molecule has 4 rings (SSSR count). The van der Waals surface area contributed by atoms with Crippen LogP contribution in [0.3, 0.4) is 0 Å². The maximum Gasteiger partial charge on any atom is 0.261 e. The molecule has 0 aliphatic heterocycles. The van der Waals surface area contributed by atoms with Gasteiger partial charge in [0.2, 0.25) is 0 Å². The van der Waals surface area contributed by atoms with Crippen LogP contribution in [-0.2, 0) is 16.4 Å². The Kier molecular flexibility index (Phi) is 5.88. The lowest BCUT2D eigenvalue weighted by atomic mass is 10.2. The first-order valence-electron chi connectivity index (χ1n) is 9.38. The average molecular weight is 456 g/mol. The summed E-state index contributed by atoms with van der Waals surface area (Å²) in [4.78, 5) is 12.4. The molecule has 10 heteroatoms. The molecule has 0 saturated heterocycles. The second-order valence-corrected chi connectivity index (χ2v) is 8.75. The number of nitrogens with one attached hydrogen (secondary N) is 2. The van der Waals surface area contributed by atoms with E-state index in [0.717, 1.165) is 11.5 Å². The van der Waals surface area contributed by atoms with Gasteiger partial charge in [-0.25, -0.2) is 8.42 Å². The van der Waals surface area contributed by atoms with E-state index in [1.165, 1.54) is 24.3 Å². The molecule has 2 heterocycles. The summed E-state index contributed by atoms with van der Waals surface area (Å²) in [5.41, 5.74) is 1.38. The van der Waals surface area contributed by atoms with Crippen LogP contribution >= 0.6 is 11.6 Å². The first-order valence-corrected chi connectivity index (χ1v) is 11.2. The second kappa shape index (κ2) is 8.75. The Morgan fingerprint density at radius 1 is 0.968 bits per heavy atom. The van der Waals surface area contributed by atoms with Crippen molar-refractivity contribution in [3.05, 3.63) is 89.3 Å². The van der Waals surface area contributed by atoms with Gasteiger partial charge in [0.25, 0.3) is 15.9 Å². The zero-order chi connectivity index (χ0) is 21.8. The SMILES string of the molecule is O=C(NCCc1nnc2ccccn12)c1ccc(S(=O)(=O)Nc2ccccc2Cl)cc1. The third-order valence-corrected chi connectivity index (χ3v) is 6.27. The van der Waals surface area contributed by atoms with Gasteiger partial charge in [-0.15, -0.1) is 10.2 Å². The van der Waals surface area contributed by atoms with Crippen molar-refractivity contribution < 1.29 is 13.2 Å². The molecule has 0 atom stereocenters. The summed E-state index contributed by atoms with van der Waals surface area (Å²) < 4.78 is 29.4. The Bertz CT molecular complexity index is 1340. The lowest BCUT2D eigenvalue weighted by Gasteiger charge is -2.10. The number of halogens is 1. The van der Waals surface area contributed by atoms with Crippen molar-refractivity contribution in [1.82, 2.24) is 19.9 Å². The second-order valence-electron chi connectivity index (χ2n) is 6.66. The van der Waals surface area contributed by atoms with E-state index in [4.69, 9.17) is 11.6 Å². The molecule has 4 aromatic rings. The molecular formula is C21H18ClN5O3S. The van der Waals surface area contributed by atoms with Crippen molar-refractivity contribution in [2.75, 3.05) is 11.3 Å². The van der Waals surface area contributed by atoms with E-state index in [2.05, 4.69) is 20.2 Å². The van der Waals surface area contributed by atoms with Crippen LogP contribution in [0.5, 0.6) is 0 Å². The van der Waals surface area contributed by atoms with Crippen molar-refractivity contribution in [3.63, 3.8) is 0 Å². The number of benzene rings is 2. The number of carbonyl (C=O) groups is 1. The smallest absolute Gasteiger partial charge is 0.261 e. The van der Waals surface area contributed by atoms with Crippen LogP contribution in [0.15, 0.2) is 77.8 Å². The van der Waals surface area contributed by atoms with Gasteiger partial charge < -0.3 is 5.32 Å². The maximum atomic E-state index is 12.6. The van der Waals surface area contributed by atoms with Crippen molar-refractivity contribution in [3.8, 4) is 0 Å². The third-order valence-electron chi connectivity index (χ3n) is 4.56. The first-order chi connectivity index (χ1) is 14.9. The van der Waals surface area contributed by atoms with Crippen LogP contribution in [0.4, 0.5) is 5.69 Å². The molecule has 158 valence electrons.